The second kappa shape index (κ2) is 3.11. The van der Waals surface area contributed by atoms with Crippen LogP contribution in [-0.4, -0.2) is 37.1 Å². The predicted octanol–water partition coefficient (Wildman–Crippen LogP) is 0.833. The normalized spacial score (nSPS) is 40.1. The molecule has 0 aromatic heterocycles. The third-order valence-electron chi connectivity index (χ3n) is 3.05. The highest BCUT2D eigenvalue weighted by atomic mass is 15.1. The minimum absolute atomic E-state index is 0.836. The number of hydrogen-bond donors (Lipinski definition) is 1. The van der Waals surface area contributed by atoms with Gasteiger partial charge in [-0.2, -0.15) is 0 Å². The molecule has 2 atom stereocenters. The maximum Gasteiger partial charge on any atom is 0.00824 e. The van der Waals surface area contributed by atoms with Crippen LogP contribution in [0.2, 0.25) is 0 Å². The van der Waals surface area contributed by atoms with Crippen molar-refractivity contribution in [3.8, 4) is 0 Å². The van der Waals surface area contributed by atoms with E-state index >= 15 is 0 Å². The maximum absolute atomic E-state index is 3.69. The molecule has 2 bridgehead atoms. The molecule has 2 heterocycles. The van der Waals surface area contributed by atoms with Crippen molar-refractivity contribution in [1.29, 1.82) is 0 Å². The van der Waals surface area contributed by atoms with Crippen LogP contribution in [0.5, 0.6) is 0 Å². The summed E-state index contributed by atoms with van der Waals surface area (Å²) in [7, 11) is 2.24. The van der Waals surface area contributed by atoms with Gasteiger partial charge in [-0.15, -0.1) is 0 Å². The SMILES string of the molecule is CN1CCC2CCC(CC1)N2. The fourth-order valence-corrected chi connectivity index (χ4v) is 2.22. The summed E-state index contributed by atoms with van der Waals surface area (Å²) in [6.07, 6.45) is 5.54. The van der Waals surface area contributed by atoms with Gasteiger partial charge in [-0.05, 0) is 45.8 Å². The minimum Gasteiger partial charge on any atom is -0.311 e. The van der Waals surface area contributed by atoms with E-state index in [4.69, 9.17) is 0 Å². The molecule has 0 aliphatic carbocycles. The zero-order valence-corrected chi connectivity index (χ0v) is 7.34. The first-order chi connectivity index (χ1) is 5.34. The van der Waals surface area contributed by atoms with E-state index in [1.807, 2.05) is 0 Å². The number of hydrogen-bond acceptors (Lipinski definition) is 2. The third-order valence-corrected chi connectivity index (χ3v) is 3.05. The van der Waals surface area contributed by atoms with Crippen LogP contribution < -0.4 is 5.32 Å². The molecule has 0 amide bonds. The van der Waals surface area contributed by atoms with Crippen molar-refractivity contribution in [1.82, 2.24) is 10.2 Å². The summed E-state index contributed by atoms with van der Waals surface area (Å²) in [6, 6.07) is 1.67. The quantitative estimate of drug-likeness (QED) is 0.556. The molecule has 11 heavy (non-hydrogen) atoms. The smallest absolute Gasteiger partial charge is 0.00824 e. The molecule has 1 N–H and O–H groups in total. The van der Waals surface area contributed by atoms with Crippen molar-refractivity contribution in [2.75, 3.05) is 20.1 Å². The summed E-state index contributed by atoms with van der Waals surface area (Å²) < 4.78 is 0. The van der Waals surface area contributed by atoms with Gasteiger partial charge in [-0.25, -0.2) is 0 Å². The van der Waals surface area contributed by atoms with Gasteiger partial charge in [0.25, 0.3) is 0 Å². The largest absolute Gasteiger partial charge is 0.311 e. The number of rotatable bonds is 0. The molecule has 2 unspecified atom stereocenters. The molecule has 0 aromatic rings. The minimum atomic E-state index is 0.836. The van der Waals surface area contributed by atoms with Gasteiger partial charge in [-0.1, -0.05) is 0 Å². The van der Waals surface area contributed by atoms with Crippen LogP contribution in [0, 0.1) is 0 Å². The third kappa shape index (κ3) is 1.74. The number of fused-ring (bicyclic) bond motifs is 2. The van der Waals surface area contributed by atoms with Gasteiger partial charge in [0, 0.05) is 12.1 Å². The fraction of sp³-hybridized carbons (Fsp3) is 1.00. The van der Waals surface area contributed by atoms with E-state index in [0.29, 0.717) is 0 Å². The second-order valence-corrected chi connectivity index (χ2v) is 4.02. The van der Waals surface area contributed by atoms with Crippen LogP contribution >= 0.6 is 0 Å². The molecule has 2 aliphatic rings. The molecule has 64 valence electrons. The molecule has 2 rings (SSSR count). The fourth-order valence-electron chi connectivity index (χ4n) is 2.22. The van der Waals surface area contributed by atoms with Gasteiger partial charge in [-0.3, -0.25) is 0 Å². The van der Waals surface area contributed by atoms with Crippen molar-refractivity contribution in [3.05, 3.63) is 0 Å². The van der Waals surface area contributed by atoms with Gasteiger partial charge in [0.15, 0.2) is 0 Å². The Morgan fingerprint density at radius 2 is 1.55 bits per heavy atom. The Morgan fingerprint density at radius 3 is 2.09 bits per heavy atom. The van der Waals surface area contributed by atoms with Gasteiger partial charge in [0.05, 0.1) is 0 Å². The molecular weight excluding hydrogens is 136 g/mol. The molecule has 2 aliphatic heterocycles. The molecule has 0 radical (unpaired) electrons. The summed E-state index contributed by atoms with van der Waals surface area (Å²) in [5.74, 6) is 0. The van der Waals surface area contributed by atoms with Crippen LogP contribution in [0.25, 0.3) is 0 Å². The standard InChI is InChI=1S/C9H18N2/c1-11-6-4-8-2-3-9(10-8)5-7-11/h8-10H,2-7H2,1H3. The predicted molar refractivity (Wildman–Crippen MR) is 46.7 cm³/mol. The lowest BCUT2D eigenvalue weighted by Gasteiger charge is -2.24. The van der Waals surface area contributed by atoms with Crippen molar-refractivity contribution in [3.63, 3.8) is 0 Å². The van der Waals surface area contributed by atoms with Crippen LogP contribution in [0.4, 0.5) is 0 Å². The Kier molecular flexibility index (Phi) is 2.14. The van der Waals surface area contributed by atoms with Crippen molar-refractivity contribution in [2.24, 2.45) is 0 Å². The van der Waals surface area contributed by atoms with E-state index in [0.717, 1.165) is 12.1 Å². The maximum atomic E-state index is 3.69. The Hall–Kier alpha value is -0.0800. The van der Waals surface area contributed by atoms with Gasteiger partial charge in [0.1, 0.15) is 0 Å². The van der Waals surface area contributed by atoms with Gasteiger partial charge >= 0.3 is 0 Å². The molecule has 0 aromatic carbocycles. The summed E-state index contributed by atoms with van der Waals surface area (Å²) in [6.45, 7) is 2.56. The zero-order chi connectivity index (χ0) is 7.68. The second-order valence-electron chi connectivity index (χ2n) is 4.02. The summed E-state index contributed by atoms with van der Waals surface area (Å²) in [4.78, 5) is 2.46. The lowest BCUT2D eigenvalue weighted by atomic mass is 10.1. The first kappa shape index (κ1) is 7.56. The van der Waals surface area contributed by atoms with E-state index in [-0.39, 0.29) is 0 Å². The van der Waals surface area contributed by atoms with Crippen molar-refractivity contribution in [2.45, 2.75) is 37.8 Å². The Balaban J connectivity index is 1.93. The van der Waals surface area contributed by atoms with Crippen molar-refractivity contribution < 1.29 is 0 Å². The lowest BCUT2D eigenvalue weighted by molar-refractivity contribution is 0.274. The van der Waals surface area contributed by atoms with Gasteiger partial charge < -0.3 is 10.2 Å². The highest BCUT2D eigenvalue weighted by Gasteiger charge is 2.25. The molecule has 2 nitrogen and oxygen atoms in total. The highest BCUT2D eigenvalue weighted by molar-refractivity contribution is 4.86. The summed E-state index contributed by atoms with van der Waals surface area (Å²) >= 11 is 0. The molecule has 0 spiro atoms. The molecular formula is C9H18N2. The average Bonchev–Trinajstić information content (AvgIpc) is 2.43. The van der Waals surface area contributed by atoms with E-state index in [1.165, 1.54) is 38.8 Å². The Morgan fingerprint density at radius 1 is 1.00 bits per heavy atom. The van der Waals surface area contributed by atoms with E-state index in [2.05, 4.69) is 17.3 Å². The van der Waals surface area contributed by atoms with Crippen LogP contribution in [0.3, 0.4) is 0 Å². The molecule has 2 saturated heterocycles. The lowest BCUT2D eigenvalue weighted by Crippen LogP contribution is -2.38. The first-order valence-electron chi connectivity index (χ1n) is 4.79. The number of nitrogens with zero attached hydrogens (tertiary/aromatic N) is 1. The highest BCUT2D eigenvalue weighted by Crippen LogP contribution is 2.19. The van der Waals surface area contributed by atoms with Gasteiger partial charge in [0.2, 0.25) is 0 Å². The Bertz CT molecular complexity index is 122. The van der Waals surface area contributed by atoms with E-state index in [1.54, 1.807) is 0 Å². The van der Waals surface area contributed by atoms with E-state index < -0.39 is 0 Å². The molecule has 0 saturated carbocycles. The summed E-state index contributed by atoms with van der Waals surface area (Å²) in [5, 5.41) is 3.69. The zero-order valence-electron chi connectivity index (χ0n) is 7.34. The monoisotopic (exact) mass is 154 g/mol. The van der Waals surface area contributed by atoms with Crippen LogP contribution in [0.15, 0.2) is 0 Å². The molecule has 2 heteroatoms. The van der Waals surface area contributed by atoms with Crippen LogP contribution in [-0.2, 0) is 0 Å². The number of nitrogens with one attached hydrogen (secondary N) is 1. The van der Waals surface area contributed by atoms with E-state index in [9.17, 15) is 0 Å². The van der Waals surface area contributed by atoms with Crippen molar-refractivity contribution >= 4 is 0 Å². The summed E-state index contributed by atoms with van der Waals surface area (Å²) in [5.41, 5.74) is 0. The topological polar surface area (TPSA) is 15.3 Å². The first-order valence-corrected chi connectivity index (χ1v) is 4.79. The average molecular weight is 154 g/mol. The Labute approximate surface area is 69.0 Å². The molecule has 2 fully saturated rings. The van der Waals surface area contributed by atoms with Crippen LogP contribution in [0.1, 0.15) is 25.7 Å².